The molecule has 0 aliphatic carbocycles. The van der Waals surface area contributed by atoms with Crippen LogP contribution in [0.25, 0.3) is 0 Å². The highest BCUT2D eigenvalue weighted by atomic mass is 35.5. The van der Waals surface area contributed by atoms with Gasteiger partial charge in [0.05, 0.1) is 5.02 Å². The lowest BCUT2D eigenvalue weighted by molar-refractivity contribution is -0.274. The zero-order chi connectivity index (χ0) is 15.7. The molecule has 0 saturated carbocycles. The van der Waals surface area contributed by atoms with Gasteiger partial charge in [-0.15, -0.1) is 13.2 Å². The molecule has 0 heterocycles. The molecule has 0 spiro atoms. The van der Waals surface area contributed by atoms with Gasteiger partial charge in [-0.25, -0.2) is 0 Å². The smallest absolute Gasteiger partial charge is 0.434 e. The monoisotopic (exact) mass is 330 g/mol. The first-order valence-electron chi connectivity index (χ1n) is 4.52. The van der Waals surface area contributed by atoms with Gasteiger partial charge in [0.15, 0.2) is 0 Å². The van der Waals surface area contributed by atoms with Crippen molar-refractivity contribution in [2.24, 2.45) is 0 Å². The molecule has 20 heavy (non-hydrogen) atoms. The quantitative estimate of drug-likeness (QED) is 0.737. The molecule has 0 bridgehead atoms. The number of halogens is 9. The first-order valence-corrected chi connectivity index (χ1v) is 4.90. The molecule has 114 valence electrons. The van der Waals surface area contributed by atoms with Crippen LogP contribution >= 0.6 is 11.6 Å². The van der Waals surface area contributed by atoms with E-state index in [4.69, 9.17) is 11.6 Å². The molecule has 1 rings (SSSR count). The third kappa shape index (κ3) is 4.29. The molecule has 0 amide bonds. The second kappa shape index (κ2) is 5.51. The number of hydrogen-bond acceptors (Lipinski definition) is 2. The lowest BCUT2D eigenvalue weighted by atomic mass is 10.2. The molecule has 0 atom stereocenters. The number of rotatable bonds is 3. The van der Waals surface area contributed by atoms with Gasteiger partial charge in [-0.05, 0) is 12.1 Å². The molecule has 2 nitrogen and oxygen atoms in total. The van der Waals surface area contributed by atoms with Crippen LogP contribution < -0.4 is 9.47 Å². The van der Waals surface area contributed by atoms with E-state index in [1.807, 2.05) is 0 Å². The Morgan fingerprint density at radius 3 is 1.85 bits per heavy atom. The van der Waals surface area contributed by atoms with Crippen LogP contribution in [0.1, 0.15) is 5.56 Å². The fourth-order valence-corrected chi connectivity index (χ4v) is 1.50. The largest absolute Gasteiger partial charge is 0.573 e. The van der Waals surface area contributed by atoms with Crippen molar-refractivity contribution < 1.29 is 44.6 Å². The summed E-state index contributed by atoms with van der Waals surface area (Å²) in [7, 11) is 0. The van der Waals surface area contributed by atoms with E-state index in [1.54, 1.807) is 0 Å². The summed E-state index contributed by atoms with van der Waals surface area (Å²) in [6.45, 7) is -3.61. The van der Waals surface area contributed by atoms with Crippen molar-refractivity contribution in [1.29, 1.82) is 0 Å². The van der Waals surface area contributed by atoms with Crippen LogP contribution in [-0.4, -0.2) is 13.0 Å². The highest BCUT2D eigenvalue weighted by Crippen LogP contribution is 2.46. The van der Waals surface area contributed by atoms with E-state index in [9.17, 15) is 35.1 Å². The molecule has 0 radical (unpaired) electrons. The fourth-order valence-electron chi connectivity index (χ4n) is 1.20. The van der Waals surface area contributed by atoms with Gasteiger partial charge in [0, 0.05) is 0 Å². The molecule has 0 aliphatic heterocycles. The van der Waals surface area contributed by atoms with Crippen molar-refractivity contribution in [2.45, 2.75) is 19.2 Å². The minimum Gasteiger partial charge on any atom is -0.434 e. The molecule has 0 unspecified atom stereocenters. The van der Waals surface area contributed by atoms with Crippen LogP contribution in [0.15, 0.2) is 12.1 Å². The summed E-state index contributed by atoms with van der Waals surface area (Å²) in [4.78, 5) is 0. The highest BCUT2D eigenvalue weighted by molar-refractivity contribution is 6.33. The number of ether oxygens (including phenoxy) is 2. The number of benzene rings is 1. The summed E-state index contributed by atoms with van der Waals surface area (Å²) in [5.41, 5.74) is -1.98. The Morgan fingerprint density at radius 1 is 0.950 bits per heavy atom. The summed E-state index contributed by atoms with van der Waals surface area (Å²) in [5.74, 6) is -2.79. The Morgan fingerprint density at radius 2 is 1.45 bits per heavy atom. The number of alkyl halides is 8. The van der Waals surface area contributed by atoms with Gasteiger partial charge in [-0.2, -0.15) is 22.0 Å². The second-order valence-corrected chi connectivity index (χ2v) is 3.55. The molecule has 11 heteroatoms. The molecular formula is C9H3ClF8O2. The maximum Gasteiger partial charge on any atom is 0.573 e. The molecule has 0 aliphatic rings. The fraction of sp³-hybridized carbons (Fsp3) is 0.333. The van der Waals surface area contributed by atoms with E-state index in [-0.39, 0.29) is 6.07 Å². The third-order valence-corrected chi connectivity index (χ3v) is 2.17. The van der Waals surface area contributed by atoms with E-state index in [0.29, 0.717) is 6.07 Å². The van der Waals surface area contributed by atoms with Gasteiger partial charge >= 0.3 is 19.2 Å². The summed E-state index contributed by atoms with van der Waals surface area (Å²) in [6, 6.07) is 0.588. The van der Waals surface area contributed by atoms with Crippen LogP contribution in [0, 0.1) is 0 Å². The lowest BCUT2D eigenvalue weighted by Crippen LogP contribution is -2.19. The lowest BCUT2D eigenvalue weighted by Gasteiger charge is -2.18. The zero-order valence-electron chi connectivity index (χ0n) is 8.95. The zero-order valence-corrected chi connectivity index (χ0v) is 9.71. The maximum absolute atomic E-state index is 12.6. The molecule has 1 aromatic carbocycles. The normalized spacial score (nSPS) is 12.7. The molecule has 1 aromatic rings. The Labute approximate surface area is 110 Å². The van der Waals surface area contributed by atoms with Gasteiger partial charge < -0.3 is 9.47 Å². The Kier molecular flexibility index (Phi) is 4.57. The van der Waals surface area contributed by atoms with Crippen LogP contribution in [0.5, 0.6) is 11.5 Å². The van der Waals surface area contributed by atoms with E-state index in [0.717, 1.165) is 0 Å². The van der Waals surface area contributed by atoms with E-state index in [1.165, 1.54) is 0 Å². The predicted octanol–water partition coefficient (Wildman–Crippen LogP) is 4.86. The minimum atomic E-state index is -5.31. The van der Waals surface area contributed by atoms with Crippen molar-refractivity contribution >= 4 is 11.6 Å². The van der Waals surface area contributed by atoms with Crippen LogP contribution in [0.2, 0.25) is 5.02 Å². The predicted molar refractivity (Wildman–Crippen MR) is 49.8 cm³/mol. The first kappa shape index (κ1) is 16.6. The molecule has 0 fully saturated rings. The van der Waals surface area contributed by atoms with Gasteiger partial charge in [0.1, 0.15) is 17.1 Å². The summed E-state index contributed by atoms with van der Waals surface area (Å²) in [5, 5.41) is -1.53. The van der Waals surface area contributed by atoms with Gasteiger partial charge in [0.2, 0.25) is 0 Å². The van der Waals surface area contributed by atoms with Crippen LogP contribution in [0.4, 0.5) is 35.1 Å². The highest BCUT2D eigenvalue weighted by Gasteiger charge is 2.41. The first-order chi connectivity index (χ1) is 8.92. The SMILES string of the molecule is FC(F)Oc1ccc(OC(F)(F)F)c(Cl)c1C(F)(F)F. The van der Waals surface area contributed by atoms with E-state index in [2.05, 4.69) is 9.47 Å². The van der Waals surface area contributed by atoms with Gasteiger partial charge in [0.25, 0.3) is 0 Å². The van der Waals surface area contributed by atoms with Gasteiger partial charge in [-0.1, -0.05) is 11.6 Å². The van der Waals surface area contributed by atoms with Crippen molar-refractivity contribution in [3.63, 3.8) is 0 Å². The topological polar surface area (TPSA) is 18.5 Å². The van der Waals surface area contributed by atoms with Crippen LogP contribution in [0.3, 0.4) is 0 Å². The minimum absolute atomic E-state index is 0.252. The molecule has 0 aromatic heterocycles. The average molecular weight is 331 g/mol. The second-order valence-electron chi connectivity index (χ2n) is 3.17. The average Bonchev–Trinajstić information content (AvgIpc) is 2.17. The van der Waals surface area contributed by atoms with E-state index < -0.39 is 41.2 Å². The summed E-state index contributed by atoms with van der Waals surface area (Å²) < 4.78 is 104. The Balaban J connectivity index is 3.36. The third-order valence-electron chi connectivity index (χ3n) is 1.79. The standard InChI is InChI=1S/C9H3ClF8O2/c10-6-4(20-9(16,17)18)2-1-3(19-7(11)12)5(6)8(13,14)15/h1-2,7H. The van der Waals surface area contributed by atoms with Gasteiger partial charge in [-0.3, -0.25) is 0 Å². The van der Waals surface area contributed by atoms with Crippen molar-refractivity contribution in [2.75, 3.05) is 0 Å². The van der Waals surface area contributed by atoms with Crippen molar-refractivity contribution in [3.8, 4) is 11.5 Å². The Hall–Kier alpha value is -1.45. The number of hydrogen-bond donors (Lipinski definition) is 0. The maximum atomic E-state index is 12.6. The van der Waals surface area contributed by atoms with Crippen LogP contribution in [-0.2, 0) is 6.18 Å². The summed E-state index contributed by atoms with van der Waals surface area (Å²) in [6.07, 6.45) is -10.6. The molecular weight excluding hydrogens is 328 g/mol. The van der Waals surface area contributed by atoms with Crippen molar-refractivity contribution in [3.05, 3.63) is 22.7 Å². The molecule has 0 saturated heterocycles. The van der Waals surface area contributed by atoms with E-state index >= 15 is 0 Å². The van der Waals surface area contributed by atoms with Crippen molar-refractivity contribution in [1.82, 2.24) is 0 Å². The Bertz CT molecular complexity index is 482. The summed E-state index contributed by atoms with van der Waals surface area (Å²) >= 11 is 5.12. The molecule has 0 N–H and O–H groups in total.